The van der Waals surface area contributed by atoms with Gasteiger partial charge in [-0.05, 0) is 101 Å². The Balaban J connectivity index is 1.01. The Morgan fingerprint density at radius 2 is 1.02 bits per heavy atom. The van der Waals surface area contributed by atoms with E-state index in [0.29, 0.717) is 0 Å². The minimum absolute atomic E-state index is 0.805. The molecule has 2 aliphatic heterocycles. The second kappa shape index (κ2) is 10.8. The van der Waals surface area contributed by atoms with Crippen molar-refractivity contribution in [3.8, 4) is 50.9 Å². The van der Waals surface area contributed by atoms with E-state index in [9.17, 15) is 0 Å². The number of hydrogen-bond acceptors (Lipinski definition) is 4. The van der Waals surface area contributed by atoms with Gasteiger partial charge in [0.25, 0.3) is 0 Å². The van der Waals surface area contributed by atoms with Gasteiger partial charge in [-0.2, -0.15) is 0 Å². The molecular weight excluding hydrogens is 669 g/mol. The first-order valence-electron chi connectivity index (χ1n) is 17.8. The van der Waals surface area contributed by atoms with Crippen LogP contribution in [-0.2, 0) is 0 Å². The highest BCUT2D eigenvalue weighted by atomic mass is 32.1. The Kier molecular flexibility index (Phi) is 5.90. The van der Waals surface area contributed by atoms with Crippen molar-refractivity contribution in [1.82, 2.24) is 4.57 Å². The highest BCUT2D eigenvalue weighted by Gasteiger charge is 2.32. The molecule has 2 aromatic heterocycles. The molecule has 10 aromatic rings. The second-order valence-electron chi connectivity index (χ2n) is 13.7. The minimum Gasteiger partial charge on any atom is -0.453 e. The third-order valence-electron chi connectivity index (χ3n) is 10.7. The van der Waals surface area contributed by atoms with Crippen molar-refractivity contribution in [2.75, 3.05) is 4.90 Å². The Bertz CT molecular complexity index is 3120. The van der Waals surface area contributed by atoms with Gasteiger partial charge in [0.2, 0.25) is 0 Å². The average Bonchev–Trinajstić information content (AvgIpc) is 3.76. The van der Waals surface area contributed by atoms with Crippen LogP contribution in [0.2, 0.25) is 0 Å². The van der Waals surface area contributed by atoms with Crippen LogP contribution >= 0.6 is 11.3 Å². The first-order chi connectivity index (χ1) is 26.2. The van der Waals surface area contributed by atoms with Crippen LogP contribution < -0.4 is 14.4 Å². The van der Waals surface area contributed by atoms with E-state index in [1.165, 1.54) is 31.3 Å². The smallest absolute Gasteiger partial charge is 0.155 e. The monoisotopic (exact) mass is 696 g/mol. The minimum atomic E-state index is 0.805. The lowest BCUT2D eigenvalue weighted by Crippen LogP contribution is -2.10. The molecule has 248 valence electrons. The molecule has 0 spiro atoms. The summed E-state index contributed by atoms with van der Waals surface area (Å²) in [6.07, 6.45) is 0. The summed E-state index contributed by atoms with van der Waals surface area (Å²) < 4.78 is 17.9. The number of fused-ring (bicyclic) bond motifs is 4. The summed E-state index contributed by atoms with van der Waals surface area (Å²) in [6, 6.07) is 60.8. The molecule has 0 amide bonds. The summed E-state index contributed by atoms with van der Waals surface area (Å²) in [6.45, 7) is 0. The average molecular weight is 697 g/mol. The summed E-state index contributed by atoms with van der Waals surface area (Å²) in [7, 11) is 0. The van der Waals surface area contributed by atoms with Gasteiger partial charge in [0, 0.05) is 48.0 Å². The summed E-state index contributed by atoms with van der Waals surface area (Å²) in [5.41, 5.74) is 11.0. The predicted octanol–water partition coefficient (Wildman–Crippen LogP) is 14.2. The molecule has 4 nitrogen and oxygen atoms in total. The molecule has 0 saturated heterocycles. The molecule has 0 aliphatic carbocycles. The lowest BCUT2D eigenvalue weighted by molar-refractivity contribution is 0.444. The maximum Gasteiger partial charge on any atom is 0.155 e. The summed E-state index contributed by atoms with van der Waals surface area (Å²) in [5, 5.41) is 4.87. The molecule has 5 heteroatoms. The third-order valence-corrected chi connectivity index (χ3v) is 11.9. The highest BCUT2D eigenvalue weighted by molar-refractivity contribution is 7.25. The van der Waals surface area contributed by atoms with Gasteiger partial charge in [-0.1, -0.05) is 91.0 Å². The van der Waals surface area contributed by atoms with Gasteiger partial charge >= 0.3 is 0 Å². The van der Waals surface area contributed by atoms with Gasteiger partial charge < -0.3 is 14.4 Å². The lowest BCUT2D eigenvalue weighted by atomic mass is 10.0. The van der Waals surface area contributed by atoms with Crippen molar-refractivity contribution in [3.05, 3.63) is 170 Å². The van der Waals surface area contributed by atoms with Crippen molar-refractivity contribution in [3.63, 3.8) is 0 Å². The van der Waals surface area contributed by atoms with E-state index in [4.69, 9.17) is 9.47 Å². The van der Waals surface area contributed by atoms with Gasteiger partial charge in [0.05, 0.1) is 11.0 Å². The van der Waals surface area contributed by atoms with Crippen LogP contribution in [0.4, 0.5) is 17.1 Å². The zero-order chi connectivity index (χ0) is 34.6. The maximum absolute atomic E-state index is 6.63. The molecule has 53 heavy (non-hydrogen) atoms. The highest BCUT2D eigenvalue weighted by Crippen LogP contribution is 2.54. The lowest BCUT2D eigenvalue weighted by Gasteiger charge is -2.27. The molecule has 2 aliphatic rings. The van der Waals surface area contributed by atoms with Gasteiger partial charge in [-0.25, -0.2) is 0 Å². The van der Waals surface area contributed by atoms with Gasteiger partial charge in [0.15, 0.2) is 23.0 Å². The van der Waals surface area contributed by atoms with E-state index < -0.39 is 0 Å². The maximum atomic E-state index is 6.63. The van der Waals surface area contributed by atoms with E-state index >= 15 is 0 Å². The van der Waals surface area contributed by atoms with Crippen molar-refractivity contribution < 1.29 is 9.47 Å². The fraction of sp³-hybridized carbons (Fsp3) is 0. The molecule has 0 fully saturated rings. The van der Waals surface area contributed by atoms with Crippen LogP contribution in [0.3, 0.4) is 0 Å². The fourth-order valence-corrected chi connectivity index (χ4v) is 9.45. The molecular formula is C48H28N2O2S. The van der Waals surface area contributed by atoms with Crippen molar-refractivity contribution in [1.29, 1.82) is 0 Å². The molecule has 0 N–H and O–H groups in total. The normalized spacial score (nSPS) is 12.5. The summed E-state index contributed by atoms with van der Waals surface area (Å²) in [5.74, 6) is 3.34. The largest absolute Gasteiger partial charge is 0.453 e. The first kappa shape index (κ1) is 28.8. The van der Waals surface area contributed by atoms with Gasteiger partial charge in [-0.15, -0.1) is 11.3 Å². The second-order valence-corrected chi connectivity index (χ2v) is 14.8. The molecule has 0 unspecified atom stereocenters. The van der Waals surface area contributed by atoms with Crippen LogP contribution in [0.15, 0.2) is 170 Å². The van der Waals surface area contributed by atoms with Gasteiger partial charge in [-0.3, -0.25) is 4.57 Å². The van der Waals surface area contributed by atoms with Crippen molar-refractivity contribution >= 4 is 70.4 Å². The molecule has 8 aromatic carbocycles. The Hall–Kier alpha value is -6.82. The van der Waals surface area contributed by atoms with Crippen molar-refractivity contribution in [2.45, 2.75) is 0 Å². The molecule has 0 atom stereocenters. The van der Waals surface area contributed by atoms with E-state index in [-0.39, 0.29) is 0 Å². The SMILES string of the molecule is c1ccc(-c2cccc(N(c3ccc(-c4cc5c6c(c4)c4cccc7c4n6-c4c(cccc4O5)O7)cc3)c3ccc4sc5ccccc5c4c3)c2)cc1. The Labute approximate surface area is 308 Å². The third kappa shape index (κ3) is 4.23. The van der Waals surface area contributed by atoms with Gasteiger partial charge in [0.1, 0.15) is 5.69 Å². The summed E-state index contributed by atoms with van der Waals surface area (Å²) >= 11 is 1.85. The van der Waals surface area contributed by atoms with Crippen molar-refractivity contribution in [2.24, 2.45) is 0 Å². The van der Waals surface area contributed by atoms with Crippen LogP contribution in [0.25, 0.3) is 69.9 Å². The van der Waals surface area contributed by atoms with Crippen LogP contribution in [0.5, 0.6) is 23.0 Å². The van der Waals surface area contributed by atoms with E-state index in [0.717, 1.165) is 78.7 Å². The number of rotatable bonds is 5. The summed E-state index contributed by atoms with van der Waals surface area (Å²) in [4.78, 5) is 2.37. The number of thiophene rings is 1. The zero-order valence-electron chi connectivity index (χ0n) is 28.3. The fourth-order valence-electron chi connectivity index (χ4n) is 8.36. The Morgan fingerprint density at radius 1 is 0.377 bits per heavy atom. The molecule has 12 rings (SSSR count). The van der Waals surface area contributed by atoms with E-state index in [1.54, 1.807) is 0 Å². The quantitative estimate of drug-likeness (QED) is 0.179. The molecule has 0 saturated carbocycles. The standard InChI is InChI=1S/C48H28N2O2S/c1-2-9-29(10-3-1)31-11-6-12-34(25-31)49(35-23-24-45-38(28-35)36-13-4-5-18-44(36)53-45)33-21-19-30(20-22-33)32-26-39-37-14-7-15-40-46(37)50-47(39)43(27-32)52-42-17-8-16-41(51-40)48(42)50/h1-28H. The number of aromatic nitrogens is 1. The number of nitrogens with zero attached hydrogens (tertiary/aromatic N) is 2. The van der Waals surface area contributed by atoms with E-state index in [1.807, 2.05) is 29.5 Å². The van der Waals surface area contributed by atoms with E-state index in [2.05, 4.69) is 161 Å². The molecule has 0 bridgehead atoms. The van der Waals surface area contributed by atoms with Crippen LogP contribution in [0, 0.1) is 0 Å². The topological polar surface area (TPSA) is 26.6 Å². The number of hydrogen-bond donors (Lipinski definition) is 0. The number of benzene rings is 8. The zero-order valence-corrected chi connectivity index (χ0v) is 29.1. The van der Waals surface area contributed by atoms with Crippen LogP contribution in [0.1, 0.15) is 0 Å². The predicted molar refractivity (Wildman–Crippen MR) is 219 cm³/mol. The first-order valence-corrected chi connectivity index (χ1v) is 18.6. The Morgan fingerprint density at radius 3 is 1.91 bits per heavy atom. The van der Waals surface area contributed by atoms with Crippen LogP contribution in [-0.4, -0.2) is 4.57 Å². The molecule has 4 heterocycles. The number of ether oxygens (including phenoxy) is 2. The number of para-hydroxylation sites is 2. The molecule has 0 radical (unpaired) electrons. The number of anilines is 3.